The van der Waals surface area contributed by atoms with E-state index in [1.54, 1.807) is 68.6 Å². The predicted molar refractivity (Wildman–Crippen MR) is 183 cm³/mol. The minimum absolute atomic E-state index is 0.0972. The van der Waals surface area contributed by atoms with Crippen molar-refractivity contribution in [3.8, 4) is 5.75 Å². The molecule has 0 radical (unpaired) electrons. The number of pyridine rings is 1. The van der Waals surface area contributed by atoms with Crippen molar-refractivity contribution in [1.29, 1.82) is 0 Å². The van der Waals surface area contributed by atoms with Crippen LogP contribution in [0.4, 0.5) is 30.4 Å². The van der Waals surface area contributed by atoms with Crippen LogP contribution < -0.4 is 26.0 Å². The fourth-order valence-electron chi connectivity index (χ4n) is 5.78. The molecule has 17 heteroatoms. The van der Waals surface area contributed by atoms with Crippen LogP contribution in [0.3, 0.4) is 0 Å². The van der Waals surface area contributed by atoms with Crippen LogP contribution in [0.25, 0.3) is 0 Å². The zero-order chi connectivity index (χ0) is 39.0. The van der Waals surface area contributed by atoms with E-state index in [-0.39, 0.29) is 31.2 Å². The number of amides is 2. The molecule has 2 aliphatic heterocycles. The predicted octanol–water partition coefficient (Wildman–Crippen LogP) is 3.47. The number of aromatic nitrogens is 1. The molecule has 2 atom stereocenters. The molecule has 14 nitrogen and oxygen atoms in total. The number of anilines is 3. The third-order valence-corrected chi connectivity index (χ3v) is 8.45. The first-order valence-electron chi connectivity index (χ1n) is 16.4. The fraction of sp³-hybridized carbons (Fsp3) is 0.361. The number of hydrogen-bond acceptors (Lipinski definition) is 11. The number of carboxylic acid groups (broad SMARTS) is 1. The van der Waals surface area contributed by atoms with Gasteiger partial charge in [-0.1, -0.05) is 18.2 Å². The van der Waals surface area contributed by atoms with Gasteiger partial charge in [-0.15, -0.1) is 0 Å². The van der Waals surface area contributed by atoms with Gasteiger partial charge in [0.2, 0.25) is 0 Å². The van der Waals surface area contributed by atoms with Gasteiger partial charge in [0.05, 0.1) is 30.5 Å². The lowest BCUT2D eigenvalue weighted by Gasteiger charge is -2.23. The van der Waals surface area contributed by atoms with Crippen molar-refractivity contribution in [2.45, 2.75) is 69.3 Å². The number of nitrogens with zero attached hydrogens (tertiary/aromatic N) is 2. The van der Waals surface area contributed by atoms with Crippen LogP contribution in [-0.2, 0) is 41.6 Å². The maximum absolute atomic E-state index is 13.2. The fourth-order valence-corrected chi connectivity index (χ4v) is 5.78. The highest BCUT2D eigenvalue weighted by Crippen LogP contribution is 2.44. The minimum Gasteiger partial charge on any atom is -0.490 e. The number of nitrogens with two attached hydrogens (primary N) is 1. The van der Waals surface area contributed by atoms with E-state index in [1.165, 1.54) is 4.90 Å². The Kier molecular flexibility index (Phi) is 12.6. The summed E-state index contributed by atoms with van der Waals surface area (Å²) < 4.78 is 42.9. The van der Waals surface area contributed by atoms with Crippen LogP contribution in [0.15, 0.2) is 60.8 Å². The van der Waals surface area contributed by atoms with Crippen LogP contribution in [0.5, 0.6) is 5.75 Å². The molecule has 2 aromatic carbocycles. The average Bonchev–Trinajstić information content (AvgIpc) is 3.78. The summed E-state index contributed by atoms with van der Waals surface area (Å²) >= 11 is 0. The van der Waals surface area contributed by atoms with Gasteiger partial charge in [-0.05, 0) is 80.6 Å². The standard InChI is InChI=1S/C34H37N5O7.C2HF3O2/c1-22(2)46-32(44)34(33(21-41,38-34)14-16-40)19-24-8-11-25(12-9-24)39-27-13-10-23(18-26(27)31(43)37-20-29(39)42)6-3-4-17-45-28-7-5-15-36-30(28)35;3-2(4,5)1(6)7/h5,7-13,15-16,18,21-22,38H,3-4,6,14,17,19-20H2,1-2H3,(H2,35,36)(H,37,43);(H,6,7)/t33?,34-;/m0./s1. The van der Waals surface area contributed by atoms with Crippen molar-refractivity contribution < 1.29 is 56.5 Å². The Balaban J connectivity index is 0.000000815. The normalized spacial score (nSPS) is 19.2. The molecule has 0 bridgehead atoms. The van der Waals surface area contributed by atoms with Crippen molar-refractivity contribution in [2.75, 3.05) is 23.8 Å². The summed E-state index contributed by atoms with van der Waals surface area (Å²) in [5.74, 6) is -3.13. The zero-order valence-electron chi connectivity index (χ0n) is 28.8. The molecule has 1 unspecified atom stereocenters. The van der Waals surface area contributed by atoms with Gasteiger partial charge in [0.25, 0.3) is 11.8 Å². The third-order valence-electron chi connectivity index (χ3n) is 8.45. The van der Waals surface area contributed by atoms with E-state index in [4.69, 9.17) is 25.1 Å². The summed E-state index contributed by atoms with van der Waals surface area (Å²) in [7, 11) is 0. The number of ether oxygens (including phenoxy) is 2. The quantitative estimate of drug-likeness (QED) is 0.0809. The lowest BCUT2D eigenvalue weighted by Crippen LogP contribution is -2.40. The number of alkyl halides is 3. The number of fused-ring (bicyclic) bond motifs is 1. The first-order valence-corrected chi connectivity index (χ1v) is 16.4. The molecule has 1 fully saturated rings. The molecule has 5 N–H and O–H groups in total. The molecule has 3 heterocycles. The number of aldehydes is 2. The van der Waals surface area contributed by atoms with E-state index >= 15 is 0 Å². The van der Waals surface area contributed by atoms with Crippen LogP contribution in [-0.4, -0.2) is 82.9 Å². The first kappa shape index (κ1) is 39.9. The molecular weight excluding hydrogens is 703 g/mol. The first-order chi connectivity index (χ1) is 25.1. The largest absolute Gasteiger partial charge is 0.490 e. The number of aliphatic carboxylic acids is 1. The van der Waals surface area contributed by atoms with Crippen molar-refractivity contribution in [3.05, 3.63) is 77.5 Å². The number of halogens is 3. The molecule has 3 aromatic rings. The Morgan fingerprint density at radius 3 is 2.36 bits per heavy atom. The maximum atomic E-state index is 13.2. The molecule has 282 valence electrons. The van der Waals surface area contributed by atoms with Crippen molar-refractivity contribution >= 4 is 53.5 Å². The average molecular weight is 742 g/mol. The Bertz CT molecular complexity index is 1850. The summed E-state index contributed by atoms with van der Waals surface area (Å²) in [5, 5.41) is 12.8. The van der Waals surface area contributed by atoms with E-state index in [1.807, 2.05) is 6.07 Å². The smallest absolute Gasteiger partial charge is 0.490 e. The number of rotatable bonds is 14. The Morgan fingerprint density at radius 1 is 1.08 bits per heavy atom. The van der Waals surface area contributed by atoms with E-state index in [0.29, 0.717) is 59.7 Å². The number of hydrogen-bond donors (Lipinski definition) is 4. The Hall–Kier alpha value is -5.84. The number of nitrogens with one attached hydrogen (secondary N) is 2. The van der Waals surface area contributed by atoms with Gasteiger partial charge in [0.15, 0.2) is 11.6 Å². The van der Waals surface area contributed by atoms with Gasteiger partial charge in [0, 0.05) is 24.7 Å². The van der Waals surface area contributed by atoms with E-state index in [0.717, 1.165) is 18.4 Å². The highest BCUT2D eigenvalue weighted by atomic mass is 19.4. The van der Waals surface area contributed by atoms with Crippen LogP contribution in [0.2, 0.25) is 0 Å². The second-order valence-corrected chi connectivity index (χ2v) is 12.5. The monoisotopic (exact) mass is 741 g/mol. The number of carboxylic acids is 1. The molecule has 1 aromatic heterocycles. The SMILES string of the molecule is CC(C)OC(=O)[C@]1(Cc2ccc(N3C(=O)CNC(=O)c4cc(CCCCOc5cccnc5N)ccc43)cc2)NC1(C=O)CC=O.O=C(O)C(F)(F)F. The summed E-state index contributed by atoms with van der Waals surface area (Å²) in [6.45, 7) is 3.71. The van der Waals surface area contributed by atoms with Gasteiger partial charge in [0.1, 0.15) is 23.7 Å². The van der Waals surface area contributed by atoms with Crippen LogP contribution in [0, 0.1) is 0 Å². The number of unbranched alkanes of at least 4 members (excludes halogenated alkanes) is 1. The van der Waals surface area contributed by atoms with Gasteiger partial charge in [-0.2, -0.15) is 13.2 Å². The van der Waals surface area contributed by atoms with E-state index in [9.17, 15) is 37.1 Å². The van der Waals surface area contributed by atoms with E-state index < -0.39 is 35.3 Å². The van der Waals surface area contributed by atoms with Gasteiger partial charge in [-0.25, -0.2) is 14.6 Å². The van der Waals surface area contributed by atoms with Gasteiger partial charge in [-0.3, -0.25) is 19.8 Å². The summed E-state index contributed by atoms with van der Waals surface area (Å²) in [6.07, 6.45) is -0.482. The van der Waals surface area contributed by atoms with E-state index in [2.05, 4.69) is 15.6 Å². The molecule has 0 aliphatic carbocycles. The second kappa shape index (κ2) is 16.7. The number of carbonyl (C=O) groups is 6. The lowest BCUT2D eigenvalue weighted by atomic mass is 9.85. The molecule has 1 saturated heterocycles. The second-order valence-electron chi connectivity index (χ2n) is 12.5. The van der Waals surface area contributed by atoms with Crippen molar-refractivity contribution in [2.24, 2.45) is 0 Å². The highest BCUT2D eigenvalue weighted by molar-refractivity contribution is 6.13. The van der Waals surface area contributed by atoms with Gasteiger partial charge >= 0.3 is 18.1 Å². The number of aryl methyl sites for hydroxylation is 1. The molecule has 0 spiro atoms. The highest BCUT2D eigenvalue weighted by Gasteiger charge is 2.72. The molecule has 5 rings (SSSR count). The van der Waals surface area contributed by atoms with Crippen molar-refractivity contribution in [3.63, 3.8) is 0 Å². The number of esters is 1. The zero-order valence-corrected chi connectivity index (χ0v) is 28.8. The van der Waals surface area contributed by atoms with Crippen LogP contribution >= 0.6 is 0 Å². The summed E-state index contributed by atoms with van der Waals surface area (Å²) in [6, 6.07) is 16.0. The minimum atomic E-state index is -5.08. The number of nitrogen functional groups attached to an aromatic ring is 1. The molecule has 0 saturated carbocycles. The lowest BCUT2D eigenvalue weighted by molar-refractivity contribution is -0.192. The number of benzene rings is 2. The topological polar surface area (TPSA) is 217 Å². The summed E-state index contributed by atoms with van der Waals surface area (Å²) in [4.78, 5) is 77.1. The molecule has 53 heavy (non-hydrogen) atoms. The molecule has 2 aliphatic rings. The Morgan fingerprint density at radius 2 is 1.75 bits per heavy atom. The number of carbonyl (C=O) groups excluding carboxylic acids is 5. The molecular formula is C36H38F3N5O9. The third kappa shape index (κ3) is 9.34. The van der Waals surface area contributed by atoms with Gasteiger partial charge < -0.3 is 35.2 Å². The Labute approximate surface area is 301 Å². The van der Waals surface area contributed by atoms with Crippen molar-refractivity contribution in [1.82, 2.24) is 15.6 Å². The molecule has 2 amide bonds. The maximum Gasteiger partial charge on any atom is 0.490 e. The van der Waals surface area contributed by atoms with Crippen LogP contribution in [0.1, 0.15) is 54.6 Å². The summed E-state index contributed by atoms with van der Waals surface area (Å²) in [5.41, 5.74) is 6.11.